The van der Waals surface area contributed by atoms with E-state index >= 15 is 0 Å². The van der Waals surface area contributed by atoms with Gasteiger partial charge in [-0.15, -0.1) is 0 Å². The lowest BCUT2D eigenvalue weighted by atomic mass is 10.0. The smallest absolute Gasteiger partial charge is 0.188 e. The van der Waals surface area contributed by atoms with E-state index in [1.807, 2.05) is 0 Å². The van der Waals surface area contributed by atoms with Crippen LogP contribution in [0.4, 0.5) is 0 Å². The van der Waals surface area contributed by atoms with Gasteiger partial charge < -0.3 is 29.5 Å². The molecule has 0 amide bonds. The molecule has 2 fully saturated rings. The highest BCUT2D eigenvalue weighted by atomic mass is 16.7. The molecule has 3 rings (SSSR count). The Hall–Kier alpha value is -1.18. The van der Waals surface area contributed by atoms with Crippen LogP contribution in [-0.4, -0.2) is 46.5 Å². The number of para-hydroxylation sites is 1. The van der Waals surface area contributed by atoms with Crippen LogP contribution in [0.1, 0.15) is 18.3 Å². The van der Waals surface area contributed by atoms with Gasteiger partial charge in [0.25, 0.3) is 0 Å². The zero-order valence-electron chi connectivity index (χ0n) is 10.2. The van der Waals surface area contributed by atoms with Gasteiger partial charge in [-0.2, -0.15) is 0 Å². The maximum absolute atomic E-state index is 9.93. The summed E-state index contributed by atoms with van der Waals surface area (Å²) in [7, 11) is 0. The van der Waals surface area contributed by atoms with Crippen molar-refractivity contribution < 1.29 is 29.5 Å². The normalized spacial score (nSPS) is 38.7. The summed E-state index contributed by atoms with van der Waals surface area (Å²) in [5.41, 5.74) is 0.513. The molecule has 3 N–H and O–H groups in total. The van der Waals surface area contributed by atoms with E-state index in [9.17, 15) is 15.3 Å². The van der Waals surface area contributed by atoms with Gasteiger partial charge in [-0.3, -0.25) is 0 Å². The largest absolute Gasteiger partial charge is 0.507 e. The topological polar surface area (TPSA) is 88.4 Å². The fourth-order valence-corrected chi connectivity index (χ4v) is 2.45. The first-order valence-corrected chi connectivity index (χ1v) is 6.21. The van der Waals surface area contributed by atoms with Crippen molar-refractivity contribution in [1.82, 2.24) is 0 Å². The molecule has 6 nitrogen and oxygen atoms in total. The predicted molar refractivity (Wildman–Crippen MR) is 63.2 cm³/mol. The molecule has 2 heterocycles. The SMILES string of the molecule is Oc1ccccc1C1OC[C@@H]2OC(O)C[C@H](O)[C@H]2O1. The van der Waals surface area contributed by atoms with Gasteiger partial charge in [-0.25, -0.2) is 0 Å². The van der Waals surface area contributed by atoms with Crippen LogP contribution in [0.2, 0.25) is 0 Å². The highest BCUT2D eigenvalue weighted by Gasteiger charge is 2.43. The number of ether oxygens (including phenoxy) is 3. The Bertz CT molecular complexity index is 451. The number of rotatable bonds is 1. The van der Waals surface area contributed by atoms with Gasteiger partial charge in [-0.1, -0.05) is 18.2 Å². The second-order valence-electron chi connectivity index (χ2n) is 4.76. The first-order valence-electron chi connectivity index (χ1n) is 6.21. The Balaban J connectivity index is 1.77. The summed E-state index contributed by atoms with van der Waals surface area (Å²) >= 11 is 0. The summed E-state index contributed by atoms with van der Waals surface area (Å²) in [6, 6.07) is 6.72. The van der Waals surface area contributed by atoms with E-state index in [-0.39, 0.29) is 18.8 Å². The van der Waals surface area contributed by atoms with Crippen LogP contribution in [0, 0.1) is 0 Å². The molecule has 19 heavy (non-hydrogen) atoms. The monoisotopic (exact) mass is 268 g/mol. The third-order valence-corrected chi connectivity index (χ3v) is 3.40. The molecular weight excluding hydrogens is 252 g/mol. The average Bonchev–Trinajstić information content (AvgIpc) is 2.39. The lowest BCUT2D eigenvalue weighted by Crippen LogP contribution is -2.54. The Morgan fingerprint density at radius 3 is 2.68 bits per heavy atom. The van der Waals surface area contributed by atoms with Gasteiger partial charge in [0.2, 0.25) is 0 Å². The van der Waals surface area contributed by atoms with E-state index in [1.54, 1.807) is 24.3 Å². The molecule has 0 radical (unpaired) electrons. The van der Waals surface area contributed by atoms with Crippen LogP contribution in [0.3, 0.4) is 0 Å². The molecule has 1 aromatic carbocycles. The fraction of sp³-hybridized carbons (Fsp3) is 0.538. The van der Waals surface area contributed by atoms with Crippen molar-refractivity contribution in [3.8, 4) is 5.75 Å². The number of hydrogen-bond acceptors (Lipinski definition) is 6. The van der Waals surface area contributed by atoms with Crippen LogP contribution < -0.4 is 0 Å². The van der Waals surface area contributed by atoms with Crippen LogP contribution >= 0.6 is 0 Å². The molecule has 104 valence electrons. The van der Waals surface area contributed by atoms with Crippen molar-refractivity contribution in [1.29, 1.82) is 0 Å². The number of hydrogen-bond donors (Lipinski definition) is 3. The second kappa shape index (κ2) is 5.07. The van der Waals surface area contributed by atoms with Crippen molar-refractivity contribution in [3.63, 3.8) is 0 Å². The molecule has 1 aromatic rings. The summed E-state index contributed by atoms with van der Waals surface area (Å²) in [4.78, 5) is 0. The predicted octanol–water partition coefficient (Wildman–Crippen LogP) is 0.274. The van der Waals surface area contributed by atoms with Gasteiger partial charge in [0, 0.05) is 12.0 Å². The maximum atomic E-state index is 9.93. The fourth-order valence-electron chi connectivity index (χ4n) is 2.45. The van der Waals surface area contributed by atoms with Crippen LogP contribution in [0.5, 0.6) is 5.75 Å². The van der Waals surface area contributed by atoms with E-state index in [4.69, 9.17) is 14.2 Å². The lowest BCUT2D eigenvalue weighted by molar-refractivity contribution is -0.331. The minimum atomic E-state index is -0.995. The van der Waals surface area contributed by atoms with Gasteiger partial charge >= 0.3 is 0 Å². The number of aromatic hydroxyl groups is 1. The number of phenols is 1. The van der Waals surface area contributed by atoms with Crippen molar-refractivity contribution in [3.05, 3.63) is 29.8 Å². The van der Waals surface area contributed by atoms with Crippen LogP contribution in [0.15, 0.2) is 24.3 Å². The zero-order chi connectivity index (χ0) is 13.4. The lowest BCUT2D eigenvalue weighted by Gasteiger charge is -2.43. The van der Waals surface area contributed by atoms with Crippen LogP contribution in [-0.2, 0) is 14.2 Å². The van der Waals surface area contributed by atoms with Crippen LogP contribution in [0.25, 0.3) is 0 Å². The molecule has 2 aliphatic heterocycles. The molecule has 0 aromatic heterocycles. The quantitative estimate of drug-likeness (QED) is 0.678. The summed E-state index contributed by atoms with van der Waals surface area (Å²) in [5, 5.41) is 29.1. The van der Waals surface area contributed by atoms with Crippen molar-refractivity contribution in [2.45, 2.75) is 37.3 Å². The van der Waals surface area contributed by atoms with Gasteiger partial charge in [-0.05, 0) is 6.07 Å². The van der Waals surface area contributed by atoms with E-state index in [0.717, 1.165) is 0 Å². The van der Waals surface area contributed by atoms with Crippen molar-refractivity contribution in [2.75, 3.05) is 6.61 Å². The van der Waals surface area contributed by atoms with E-state index < -0.39 is 30.9 Å². The second-order valence-corrected chi connectivity index (χ2v) is 4.76. The number of aliphatic hydroxyl groups is 2. The molecule has 0 aliphatic carbocycles. The minimum absolute atomic E-state index is 0.0807. The summed E-state index contributed by atoms with van der Waals surface area (Å²) in [6.45, 7) is 0.192. The first kappa shape index (κ1) is 12.8. The molecular formula is C13H16O6. The standard InChI is InChI=1S/C13H16O6/c14-8-4-2-1-3-7(8)13-17-6-10-12(19-13)9(15)5-11(16)18-10/h1-4,9-16H,5-6H2/t9-,10-,11?,12+,13?/m0/s1. The molecule has 0 spiro atoms. The van der Waals surface area contributed by atoms with Gasteiger partial charge in [0.05, 0.1) is 12.7 Å². The first-order chi connectivity index (χ1) is 9.15. The third-order valence-electron chi connectivity index (χ3n) is 3.40. The van der Waals surface area contributed by atoms with Crippen molar-refractivity contribution in [2.24, 2.45) is 0 Å². The van der Waals surface area contributed by atoms with E-state index in [1.165, 1.54) is 0 Å². The number of fused-ring (bicyclic) bond motifs is 1. The Morgan fingerprint density at radius 2 is 1.89 bits per heavy atom. The van der Waals surface area contributed by atoms with Gasteiger partial charge in [0.15, 0.2) is 12.6 Å². The minimum Gasteiger partial charge on any atom is -0.507 e. The highest BCUT2D eigenvalue weighted by molar-refractivity contribution is 5.33. The number of aliphatic hydroxyl groups excluding tert-OH is 2. The summed E-state index contributed by atoms with van der Waals surface area (Å²) in [5.74, 6) is 0.0807. The summed E-state index contributed by atoms with van der Waals surface area (Å²) < 4.78 is 16.4. The molecule has 0 bridgehead atoms. The Morgan fingerprint density at radius 1 is 1.11 bits per heavy atom. The Kier molecular flexibility index (Phi) is 3.42. The molecule has 2 unspecified atom stereocenters. The van der Waals surface area contributed by atoms with E-state index in [0.29, 0.717) is 5.56 Å². The maximum Gasteiger partial charge on any atom is 0.188 e. The highest BCUT2D eigenvalue weighted by Crippen LogP contribution is 2.36. The third kappa shape index (κ3) is 2.45. The van der Waals surface area contributed by atoms with Gasteiger partial charge in [0.1, 0.15) is 18.0 Å². The molecule has 5 atom stereocenters. The Labute approximate surface area is 110 Å². The van der Waals surface area contributed by atoms with E-state index in [2.05, 4.69) is 0 Å². The molecule has 2 aliphatic rings. The number of benzene rings is 1. The summed E-state index contributed by atoms with van der Waals surface area (Å²) in [6.07, 6.45) is -3.51. The molecule has 6 heteroatoms. The van der Waals surface area contributed by atoms with Crippen molar-refractivity contribution >= 4 is 0 Å². The molecule has 2 saturated heterocycles. The average molecular weight is 268 g/mol. The molecule has 0 saturated carbocycles. The zero-order valence-corrected chi connectivity index (χ0v) is 10.2. The number of phenolic OH excluding ortho intramolecular Hbond substituents is 1.